The summed E-state index contributed by atoms with van der Waals surface area (Å²) in [5, 5.41) is 4.99. The number of hydrogen-bond donors (Lipinski definition) is 1. The fraction of sp³-hybridized carbons (Fsp3) is 0.333. The molecule has 0 bridgehead atoms. The van der Waals surface area contributed by atoms with E-state index in [9.17, 15) is 4.79 Å². The molecule has 0 aromatic carbocycles. The number of nitrogens with one attached hydrogen (secondary N) is 1. The van der Waals surface area contributed by atoms with Crippen molar-refractivity contribution in [1.29, 1.82) is 0 Å². The minimum Gasteiger partial charge on any atom is -0.356 e. The van der Waals surface area contributed by atoms with Gasteiger partial charge in [0.25, 0.3) is 5.91 Å². The fourth-order valence-electron chi connectivity index (χ4n) is 2.43. The van der Waals surface area contributed by atoms with Crippen molar-refractivity contribution in [2.24, 2.45) is 0 Å². The summed E-state index contributed by atoms with van der Waals surface area (Å²) in [6.07, 6.45) is 4.10. The topological polar surface area (TPSA) is 45.2 Å². The van der Waals surface area contributed by atoms with Crippen molar-refractivity contribution in [2.45, 2.75) is 19.4 Å². The molecule has 4 nitrogen and oxygen atoms in total. The van der Waals surface area contributed by atoms with E-state index in [-0.39, 0.29) is 5.91 Å². The Balaban J connectivity index is 1.73. The Bertz CT molecular complexity index is 577. The number of carbonyl (C=O) groups excluding carboxylic acids is 1. The summed E-state index contributed by atoms with van der Waals surface area (Å²) in [6.45, 7) is 2.55. The van der Waals surface area contributed by atoms with Crippen molar-refractivity contribution in [2.75, 3.05) is 18.0 Å². The first-order valence-electron chi connectivity index (χ1n) is 6.85. The van der Waals surface area contributed by atoms with E-state index < -0.39 is 0 Å². The Morgan fingerprint density at radius 3 is 2.90 bits per heavy atom. The maximum absolute atomic E-state index is 12.3. The monoisotopic (exact) mass is 287 g/mol. The van der Waals surface area contributed by atoms with Gasteiger partial charge in [-0.15, -0.1) is 11.3 Å². The highest BCUT2D eigenvalue weighted by molar-refractivity contribution is 7.09. The van der Waals surface area contributed by atoms with Crippen LogP contribution in [0.25, 0.3) is 0 Å². The second-order valence-corrected chi connectivity index (χ2v) is 5.86. The molecule has 104 valence electrons. The Labute approximate surface area is 122 Å². The maximum atomic E-state index is 12.3. The van der Waals surface area contributed by atoms with E-state index in [1.165, 1.54) is 12.8 Å². The molecule has 2 aromatic rings. The summed E-state index contributed by atoms with van der Waals surface area (Å²) in [5.74, 6) is 0.766. The van der Waals surface area contributed by atoms with Gasteiger partial charge in [0, 0.05) is 24.2 Å². The molecule has 1 amide bonds. The number of aromatic nitrogens is 1. The van der Waals surface area contributed by atoms with E-state index in [4.69, 9.17) is 0 Å². The van der Waals surface area contributed by atoms with Crippen LogP contribution in [0.3, 0.4) is 0 Å². The Morgan fingerprint density at radius 1 is 1.30 bits per heavy atom. The Hall–Kier alpha value is -1.88. The zero-order valence-electron chi connectivity index (χ0n) is 11.2. The first kappa shape index (κ1) is 13.1. The van der Waals surface area contributed by atoms with Crippen LogP contribution < -0.4 is 10.2 Å². The zero-order valence-corrected chi connectivity index (χ0v) is 12.0. The van der Waals surface area contributed by atoms with E-state index in [1.807, 2.05) is 29.6 Å². The number of thiophene rings is 1. The van der Waals surface area contributed by atoms with Gasteiger partial charge in [-0.3, -0.25) is 4.79 Å². The van der Waals surface area contributed by atoms with Gasteiger partial charge in [0.05, 0.1) is 12.1 Å². The van der Waals surface area contributed by atoms with Gasteiger partial charge in [-0.2, -0.15) is 0 Å². The Morgan fingerprint density at radius 2 is 2.15 bits per heavy atom. The predicted octanol–water partition coefficient (Wildman–Crippen LogP) is 2.67. The third kappa shape index (κ3) is 2.82. The molecule has 1 saturated heterocycles. The van der Waals surface area contributed by atoms with E-state index in [1.54, 1.807) is 17.5 Å². The first-order chi connectivity index (χ1) is 9.84. The molecule has 0 spiro atoms. The van der Waals surface area contributed by atoms with Crippen LogP contribution in [-0.2, 0) is 6.54 Å². The average Bonchev–Trinajstić information content (AvgIpc) is 3.18. The quantitative estimate of drug-likeness (QED) is 0.940. The highest BCUT2D eigenvalue weighted by Crippen LogP contribution is 2.22. The van der Waals surface area contributed by atoms with Gasteiger partial charge in [-0.05, 0) is 36.4 Å². The molecule has 1 N–H and O–H groups in total. The highest BCUT2D eigenvalue weighted by atomic mass is 32.1. The van der Waals surface area contributed by atoms with Crippen LogP contribution in [0, 0.1) is 0 Å². The lowest BCUT2D eigenvalue weighted by atomic mass is 10.2. The summed E-state index contributed by atoms with van der Waals surface area (Å²) < 4.78 is 0. The molecule has 3 heterocycles. The van der Waals surface area contributed by atoms with Gasteiger partial charge in [-0.1, -0.05) is 6.07 Å². The number of pyridine rings is 1. The van der Waals surface area contributed by atoms with Crippen molar-refractivity contribution in [3.63, 3.8) is 0 Å². The van der Waals surface area contributed by atoms with Gasteiger partial charge in [0.2, 0.25) is 0 Å². The summed E-state index contributed by atoms with van der Waals surface area (Å²) >= 11 is 1.65. The third-order valence-corrected chi connectivity index (χ3v) is 4.32. The number of anilines is 1. The molecular formula is C15H17N3OS. The predicted molar refractivity (Wildman–Crippen MR) is 81.2 cm³/mol. The lowest BCUT2D eigenvalue weighted by Crippen LogP contribution is -2.27. The maximum Gasteiger partial charge on any atom is 0.255 e. The zero-order chi connectivity index (χ0) is 13.8. The molecule has 1 fully saturated rings. The summed E-state index contributed by atoms with van der Waals surface area (Å²) in [5.41, 5.74) is 0.672. The van der Waals surface area contributed by atoms with Crippen molar-refractivity contribution in [3.05, 3.63) is 46.3 Å². The number of carbonyl (C=O) groups is 1. The summed E-state index contributed by atoms with van der Waals surface area (Å²) in [6, 6.07) is 7.69. The van der Waals surface area contributed by atoms with Crippen molar-refractivity contribution in [3.8, 4) is 0 Å². The first-order valence-corrected chi connectivity index (χ1v) is 7.73. The molecule has 20 heavy (non-hydrogen) atoms. The van der Waals surface area contributed by atoms with E-state index in [0.717, 1.165) is 23.8 Å². The van der Waals surface area contributed by atoms with Crippen molar-refractivity contribution < 1.29 is 4.79 Å². The normalized spacial score (nSPS) is 14.5. The van der Waals surface area contributed by atoms with Crippen LogP contribution in [0.2, 0.25) is 0 Å². The van der Waals surface area contributed by atoms with Gasteiger partial charge in [0.15, 0.2) is 0 Å². The minimum absolute atomic E-state index is 0.0478. The molecule has 1 aliphatic heterocycles. The van der Waals surface area contributed by atoms with Crippen molar-refractivity contribution >= 4 is 23.1 Å². The number of rotatable bonds is 4. The van der Waals surface area contributed by atoms with Crippen LogP contribution in [0.4, 0.5) is 5.82 Å². The van der Waals surface area contributed by atoms with Crippen LogP contribution in [0.5, 0.6) is 0 Å². The fourth-order valence-corrected chi connectivity index (χ4v) is 3.08. The molecule has 5 heteroatoms. The second-order valence-electron chi connectivity index (χ2n) is 4.83. The molecule has 3 rings (SSSR count). The largest absolute Gasteiger partial charge is 0.356 e. The number of amides is 1. The number of nitrogens with zero attached hydrogens (tertiary/aromatic N) is 2. The standard InChI is InChI=1S/C15H17N3OS/c19-15(17-11-12-5-4-10-20-12)13-6-3-7-16-14(13)18-8-1-2-9-18/h3-7,10H,1-2,8-9,11H2,(H,17,19). The number of hydrogen-bond acceptors (Lipinski definition) is 4. The van der Waals surface area contributed by atoms with Gasteiger partial charge >= 0.3 is 0 Å². The van der Waals surface area contributed by atoms with Crippen LogP contribution >= 0.6 is 11.3 Å². The SMILES string of the molecule is O=C(NCc1cccs1)c1cccnc1N1CCCC1. The molecule has 1 aliphatic rings. The third-order valence-electron chi connectivity index (χ3n) is 3.44. The van der Waals surface area contributed by atoms with E-state index in [2.05, 4.69) is 15.2 Å². The Kier molecular flexibility index (Phi) is 3.97. The van der Waals surface area contributed by atoms with Crippen LogP contribution in [0.1, 0.15) is 28.1 Å². The van der Waals surface area contributed by atoms with E-state index >= 15 is 0 Å². The molecule has 2 aromatic heterocycles. The van der Waals surface area contributed by atoms with Gasteiger partial charge < -0.3 is 10.2 Å². The van der Waals surface area contributed by atoms with Gasteiger partial charge in [-0.25, -0.2) is 4.98 Å². The average molecular weight is 287 g/mol. The molecule has 0 aliphatic carbocycles. The van der Waals surface area contributed by atoms with Crippen LogP contribution in [-0.4, -0.2) is 24.0 Å². The smallest absolute Gasteiger partial charge is 0.255 e. The van der Waals surface area contributed by atoms with Crippen molar-refractivity contribution in [1.82, 2.24) is 10.3 Å². The molecule has 0 unspecified atom stereocenters. The molecule has 0 radical (unpaired) electrons. The molecular weight excluding hydrogens is 270 g/mol. The molecule has 0 atom stereocenters. The van der Waals surface area contributed by atoms with E-state index in [0.29, 0.717) is 12.1 Å². The molecule has 0 saturated carbocycles. The van der Waals surface area contributed by atoms with Crippen LogP contribution in [0.15, 0.2) is 35.8 Å². The minimum atomic E-state index is -0.0478. The highest BCUT2D eigenvalue weighted by Gasteiger charge is 2.20. The second kappa shape index (κ2) is 6.05. The lowest BCUT2D eigenvalue weighted by Gasteiger charge is -2.19. The van der Waals surface area contributed by atoms with Gasteiger partial charge in [0.1, 0.15) is 5.82 Å². The summed E-state index contributed by atoms with van der Waals surface area (Å²) in [4.78, 5) is 20.1. The lowest BCUT2D eigenvalue weighted by molar-refractivity contribution is 0.0951. The summed E-state index contributed by atoms with van der Waals surface area (Å²) in [7, 11) is 0.